The van der Waals surface area contributed by atoms with Crippen molar-refractivity contribution in [1.82, 2.24) is 19.4 Å². The summed E-state index contributed by atoms with van der Waals surface area (Å²) in [5.41, 5.74) is 0.401. The number of nitrogens with one attached hydrogen (secondary N) is 2. The van der Waals surface area contributed by atoms with Crippen LogP contribution in [0.1, 0.15) is 23.8 Å². The zero-order valence-corrected chi connectivity index (χ0v) is 8.93. The first-order valence-corrected chi connectivity index (χ1v) is 5.34. The topological polar surface area (TPSA) is 66.9 Å². The molecule has 0 saturated heterocycles. The molecular formula is C8H14N4OS. The Morgan fingerprint density at radius 2 is 2.43 bits per heavy atom. The lowest BCUT2D eigenvalue weighted by molar-refractivity contribution is 0.0949. The van der Waals surface area contributed by atoms with E-state index >= 15 is 0 Å². The second kappa shape index (κ2) is 6.44. The summed E-state index contributed by atoms with van der Waals surface area (Å²) >= 11 is 1.04. The fourth-order valence-corrected chi connectivity index (χ4v) is 1.36. The molecular weight excluding hydrogens is 200 g/mol. The van der Waals surface area contributed by atoms with Crippen LogP contribution in [-0.4, -0.2) is 34.3 Å². The number of hydrogen-bond acceptors (Lipinski definition) is 5. The second-order valence-electron chi connectivity index (χ2n) is 2.76. The van der Waals surface area contributed by atoms with Crippen LogP contribution in [0.3, 0.4) is 0 Å². The third kappa shape index (κ3) is 3.80. The van der Waals surface area contributed by atoms with E-state index in [1.165, 1.54) is 6.20 Å². The van der Waals surface area contributed by atoms with Gasteiger partial charge >= 0.3 is 0 Å². The van der Waals surface area contributed by atoms with E-state index in [1.54, 1.807) is 0 Å². The molecule has 6 heteroatoms. The molecule has 0 fully saturated rings. The molecule has 78 valence electrons. The molecule has 0 aliphatic rings. The van der Waals surface area contributed by atoms with E-state index in [9.17, 15) is 4.79 Å². The molecule has 14 heavy (non-hydrogen) atoms. The number of nitrogens with zero attached hydrogens (tertiary/aromatic N) is 2. The number of hydrogen-bond donors (Lipinski definition) is 2. The summed E-state index contributed by atoms with van der Waals surface area (Å²) in [4.78, 5) is 11.3. The average molecular weight is 214 g/mol. The molecule has 2 N–H and O–H groups in total. The first-order valence-electron chi connectivity index (χ1n) is 4.61. The minimum atomic E-state index is -0.143. The van der Waals surface area contributed by atoms with Gasteiger partial charge < -0.3 is 10.6 Å². The third-order valence-electron chi connectivity index (χ3n) is 1.66. The van der Waals surface area contributed by atoms with Crippen molar-refractivity contribution in [3.8, 4) is 0 Å². The Morgan fingerprint density at radius 1 is 1.57 bits per heavy atom. The van der Waals surface area contributed by atoms with E-state index < -0.39 is 0 Å². The molecule has 0 unspecified atom stereocenters. The van der Waals surface area contributed by atoms with Crippen molar-refractivity contribution in [3.63, 3.8) is 0 Å². The first kappa shape index (κ1) is 11.1. The molecule has 0 atom stereocenters. The Bertz CT molecular complexity index is 262. The molecule has 0 aliphatic heterocycles. The van der Waals surface area contributed by atoms with Crippen LogP contribution >= 0.6 is 11.7 Å². The predicted octanol–water partition coefficient (Wildman–Crippen LogP) is 0.267. The Hall–Kier alpha value is -1.01. The van der Waals surface area contributed by atoms with Gasteiger partial charge in [-0.15, -0.1) is 0 Å². The molecule has 1 aromatic rings. The van der Waals surface area contributed by atoms with Crippen LogP contribution in [0.5, 0.6) is 0 Å². The van der Waals surface area contributed by atoms with Crippen LogP contribution in [0.25, 0.3) is 0 Å². The van der Waals surface area contributed by atoms with E-state index in [2.05, 4.69) is 26.3 Å². The maximum atomic E-state index is 11.3. The normalized spacial score (nSPS) is 10.1. The lowest BCUT2D eigenvalue weighted by atomic mass is 10.4. The minimum absolute atomic E-state index is 0.143. The van der Waals surface area contributed by atoms with Gasteiger partial charge in [0.1, 0.15) is 0 Å². The van der Waals surface area contributed by atoms with E-state index in [0.29, 0.717) is 12.2 Å². The van der Waals surface area contributed by atoms with Gasteiger partial charge in [0.2, 0.25) is 0 Å². The van der Waals surface area contributed by atoms with Gasteiger partial charge in [0.15, 0.2) is 5.69 Å². The molecule has 0 spiro atoms. The summed E-state index contributed by atoms with van der Waals surface area (Å²) in [6.07, 6.45) is 2.40. The maximum Gasteiger partial charge on any atom is 0.272 e. The van der Waals surface area contributed by atoms with Gasteiger partial charge in [-0.25, -0.2) is 0 Å². The Morgan fingerprint density at radius 3 is 3.07 bits per heavy atom. The summed E-state index contributed by atoms with van der Waals surface area (Å²) in [5, 5.41) is 5.95. The van der Waals surface area contributed by atoms with Gasteiger partial charge in [-0.3, -0.25) is 4.79 Å². The highest BCUT2D eigenvalue weighted by Gasteiger charge is 2.06. The maximum absolute atomic E-state index is 11.3. The number of aromatic nitrogens is 2. The average Bonchev–Trinajstić information content (AvgIpc) is 2.70. The monoisotopic (exact) mass is 214 g/mol. The molecule has 1 rings (SSSR count). The lowest BCUT2D eigenvalue weighted by Gasteiger charge is -2.02. The van der Waals surface area contributed by atoms with Crippen molar-refractivity contribution in [3.05, 3.63) is 11.9 Å². The highest BCUT2D eigenvalue weighted by molar-refractivity contribution is 6.99. The lowest BCUT2D eigenvalue weighted by Crippen LogP contribution is -2.27. The highest BCUT2D eigenvalue weighted by Crippen LogP contribution is 1.93. The molecule has 1 heterocycles. The molecule has 5 nitrogen and oxygen atoms in total. The quantitative estimate of drug-likeness (QED) is 0.667. The van der Waals surface area contributed by atoms with Crippen molar-refractivity contribution in [2.24, 2.45) is 0 Å². The second-order valence-corrected chi connectivity index (χ2v) is 3.31. The van der Waals surface area contributed by atoms with Crippen molar-refractivity contribution in [1.29, 1.82) is 0 Å². The number of carbonyl (C=O) groups excluding carboxylic acids is 1. The molecule has 0 radical (unpaired) electrons. The fraction of sp³-hybridized carbons (Fsp3) is 0.625. The molecule has 1 aromatic heterocycles. The SMILES string of the molecule is CCNCCCNC(=O)c1cnsn1. The van der Waals surface area contributed by atoms with Gasteiger partial charge in [0.25, 0.3) is 5.91 Å². The van der Waals surface area contributed by atoms with Gasteiger partial charge in [-0.05, 0) is 19.5 Å². The smallest absolute Gasteiger partial charge is 0.272 e. The van der Waals surface area contributed by atoms with Crippen molar-refractivity contribution < 1.29 is 4.79 Å². The molecule has 0 bridgehead atoms. The van der Waals surface area contributed by atoms with Crippen LogP contribution in [-0.2, 0) is 0 Å². The van der Waals surface area contributed by atoms with Crippen LogP contribution < -0.4 is 10.6 Å². The Balaban J connectivity index is 2.10. The highest BCUT2D eigenvalue weighted by atomic mass is 32.1. The number of amides is 1. The van der Waals surface area contributed by atoms with E-state index in [1.807, 2.05) is 0 Å². The van der Waals surface area contributed by atoms with E-state index in [0.717, 1.165) is 31.2 Å². The summed E-state index contributed by atoms with van der Waals surface area (Å²) < 4.78 is 7.59. The molecule has 0 aliphatic carbocycles. The van der Waals surface area contributed by atoms with Crippen LogP contribution in [0.15, 0.2) is 6.20 Å². The molecule has 1 amide bonds. The van der Waals surface area contributed by atoms with Crippen LogP contribution in [0.4, 0.5) is 0 Å². The fourth-order valence-electron chi connectivity index (χ4n) is 0.947. The van der Waals surface area contributed by atoms with Crippen molar-refractivity contribution in [2.45, 2.75) is 13.3 Å². The predicted molar refractivity (Wildman–Crippen MR) is 55.4 cm³/mol. The number of carbonyl (C=O) groups is 1. The van der Waals surface area contributed by atoms with Gasteiger partial charge in [0.05, 0.1) is 17.9 Å². The zero-order valence-electron chi connectivity index (χ0n) is 8.12. The minimum Gasteiger partial charge on any atom is -0.351 e. The Labute approximate surface area is 87.2 Å². The summed E-state index contributed by atoms with van der Waals surface area (Å²) in [6.45, 7) is 4.61. The summed E-state index contributed by atoms with van der Waals surface area (Å²) in [6, 6.07) is 0. The van der Waals surface area contributed by atoms with E-state index in [4.69, 9.17) is 0 Å². The van der Waals surface area contributed by atoms with Gasteiger partial charge in [-0.2, -0.15) is 8.75 Å². The van der Waals surface area contributed by atoms with Gasteiger partial charge in [-0.1, -0.05) is 6.92 Å². The third-order valence-corrected chi connectivity index (χ3v) is 2.14. The Kier molecular flexibility index (Phi) is 5.09. The van der Waals surface area contributed by atoms with Crippen LogP contribution in [0, 0.1) is 0 Å². The first-order chi connectivity index (χ1) is 6.84. The molecule has 0 aromatic carbocycles. The standard InChI is InChI=1S/C8H14N4OS/c1-2-9-4-3-5-10-8(13)7-6-11-14-12-7/h6,9H,2-5H2,1H3,(H,10,13). The largest absolute Gasteiger partial charge is 0.351 e. The van der Waals surface area contributed by atoms with Crippen LogP contribution in [0.2, 0.25) is 0 Å². The number of rotatable bonds is 6. The van der Waals surface area contributed by atoms with E-state index in [-0.39, 0.29) is 5.91 Å². The van der Waals surface area contributed by atoms with Gasteiger partial charge in [0, 0.05) is 6.54 Å². The summed E-state index contributed by atoms with van der Waals surface area (Å²) in [5.74, 6) is -0.143. The van der Waals surface area contributed by atoms with Crippen molar-refractivity contribution >= 4 is 17.6 Å². The molecule has 0 saturated carbocycles. The van der Waals surface area contributed by atoms with Crippen molar-refractivity contribution in [2.75, 3.05) is 19.6 Å². The zero-order chi connectivity index (χ0) is 10.2. The summed E-state index contributed by atoms with van der Waals surface area (Å²) in [7, 11) is 0.